The highest BCUT2D eigenvalue weighted by Crippen LogP contribution is 2.19. The number of H-pyrrole nitrogens is 1. The lowest BCUT2D eigenvalue weighted by Crippen LogP contribution is -2.16. The van der Waals surface area contributed by atoms with E-state index in [-0.39, 0.29) is 11.6 Å². The third kappa shape index (κ3) is 1.44. The Labute approximate surface area is 92.5 Å². The monoisotopic (exact) mass is 218 g/mol. The molecule has 0 aromatic carbocycles. The molecule has 0 amide bonds. The summed E-state index contributed by atoms with van der Waals surface area (Å²) >= 11 is 0. The number of aryl methyl sites for hydroxylation is 1. The molecule has 0 bridgehead atoms. The van der Waals surface area contributed by atoms with E-state index in [1.54, 1.807) is 6.07 Å². The summed E-state index contributed by atoms with van der Waals surface area (Å²) in [7, 11) is 0. The van der Waals surface area contributed by atoms with Crippen molar-refractivity contribution in [3.05, 3.63) is 33.9 Å². The van der Waals surface area contributed by atoms with Crippen LogP contribution in [0.2, 0.25) is 0 Å². The molecule has 1 fully saturated rings. The van der Waals surface area contributed by atoms with E-state index in [1.165, 1.54) is 4.52 Å². The van der Waals surface area contributed by atoms with Crippen molar-refractivity contribution in [2.75, 3.05) is 6.54 Å². The van der Waals surface area contributed by atoms with Crippen LogP contribution in [-0.2, 0) is 0 Å². The quantitative estimate of drug-likeness (QED) is 0.742. The molecule has 1 aliphatic heterocycles. The Hall–Kier alpha value is -1.62. The number of aromatic amines is 1. The first-order chi connectivity index (χ1) is 7.74. The van der Waals surface area contributed by atoms with Gasteiger partial charge in [-0.05, 0) is 37.9 Å². The minimum atomic E-state index is -0.0493. The molecule has 16 heavy (non-hydrogen) atoms. The lowest BCUT2D eigenvalue weighted by Gasteiger charge is -2.03. The van der Waals surface area contributed by atoms with Crippen LogP contribution < -0.4 is 10.9 Å². The summed E-state index contributed by atoms with van der Waals surface area (Å²) in [6.07, 6.45) is 2.24. The van der Waals surface area contributed by atoms with Crippen LogP contribution in [0.5, 0.6) is 0 Å². The molecule has 1 saturated heterocycles. The van der Waals surface area contributed by atoms with Gasteiger partial charge in [-0.15, -0.1) is 0 Å². The molecule has 0 saturated carbocycles. The highest BCUT2D eigenvalue weighted by Gasteiger charge is 2.19. The van der Waals surface area contributed by atoms with Gasteiger partial charge in [0.2, 0.25) is 0 Å². The highest BCUT2D eigenvalue weighted by atomic mass is 16.1. The maximum Gasteiger partial charge on any atom is 0.271 e. The van der Waals surface area contributed by atoms with Gasteiger partial charge in [-0.1, -0.05) is 0 Å². The number of hydrogen-bond donors (Lipinski definition) is 2. The van der Waals surface area contributed by atoms with E-state index < -0.39 is 0 Å². The summed E-state index contributed by atoms with van der Waals surface area (Å²) in [6.45, 7) is 2.93. The highest BCUT2D eigenvalue weighted by molar-refractivity contribution is 5.40. The Kier molecular flexibility index (Phi) is 2.07. The van der Waals surface area contributed by atoms with Gasteiger partial charge in [0.1, 0.15) is 5.82 Å². The van der Waals surface area contributed by atoms with E-state index in [4.69, 9.17) is 0 Å². The van der Waals surface area contributed by atoms with Crippen molar-refractivity contribution < 1.29 is 0 Å². The number of fused-ring (bicyclic) bond motifs is 1. The third-order valence-electron chi connectivity index (χ3n) is 3.01. The van der Waals surface area contributed by atoms with Gasteiger partial charge in [0.15, 0.2) is 5.65 Å². The average molecular weight is 218 g/mol. The van der Waals surface area contributed by atoms with Crippen molar-refractivity contribution in [3.8, 4) is 0 Å². The fourth-order valence-electron chi connectivity index (χ4n) is 2.21. The molecule has 1 atom stereocenters. The molecular formula is C11H14N4O. The van der Waals surface area contributed by atoms with Crippen LogP contribution >= 0.6 is 0 Å². The van der Waals surface area contributed by atoms with Crippen LogP contribution in [0.4, 0.5) is 0 Å². The summed E-state index contributed by atoms with van der Waals surface area (Å²) in [6, 6.07) is 3.78. The van der Waals surface area contributed by atoms with Crippen molar-refractivity contribution >= 4 is 5.65 Å². The van der Waals surface area contributed by atoms with Gasteiger partial charge in [0.25, 0.3) is 5.56 Å². The van der Waals surface area contributed by atoms with Crippen LogP contribution in [0.3, 0.4) is 0 Å². The molecule has 0 spiro atoms. The zero-order valence-electron chi connectivity index (χ0n) is 9.16. The van der Waals surface area contributed by atoms with E-state index >= 15 is 0 Å². The summed E-state index contributed by atoms with van der Waals surface area (Å²) in [4.78, 5) is 16.2. The first kappa shape index (κ1) is 9.59. The molecule has 0 radical (unpaired) electrons. The fraction of sp³-hybridized carbons (Fsp3) is 0.455. The van der Waals surface area contributed by atoms with Crippen molar-refractivity contribution in [1.29, 1.82) is 0 Å². The summed E-state index contributed by atoms with van der Waals surface area (Å²) < 4.78 is 1.50. The average Bonchev–Trinajstić information content (AvgIpc) is 2.82. The Morgan fingerprint density at radius 1 is 1.50 bits per heavy atom. The molecule has 2 N–H and O–H groups in total. The fourth-order valence-corrected chi connectivity index (χ4v) is 2.21. The first-order valence-electron chi connectivity index (χ1n) is 5.57. The van der Waals surface area contributed by atoms with Gasteiger partial charge in [-0.2, -0.15) is 0 Å². The van der Waals surface area contributed by atoms with Crippen LogP contribution in [0.1, 0.15) is 30.3 Å². The Morgan fingerprint density at radius 2 is 2.38 bits per heavy atom. The number of hydrogen-bond acceptors (Lipinski definition) is 3. The number of aromatic nitrogens is 3. The van der Waals surface area contributed by atoms with E-state index in [9.17, 15) is 4.79 Å². The zero-order chi connectivity index (χ0) is 11.1. The molecule has 2 aromatic heterocycles. The van der Waals surface area contributed by atoms with Gasteiger partial charge in [0, 0.05) is 6.07 Å². The molecule has 84 valence electrons. The molecule has 5 heteroatoms. The van der Waals surface area contributed by atoms with E-state index in [0.29, 0.717) is 5.65 Å². The first-order valence-corrected chi connectivity index (χ1v) is 5.57. The molecule has 3 heterocycles. The number of nitrogens with one attached hydrogen (secondary N) is 2. The van der Waals surface area contributed by atoms with Gasteiger partial charge >= 0.3 is 0 Å². The van der Waals surface area contributed by atoms with Gasteiger partial charge in [-0.3, -0.25) is 9.89 Å². The third-order valence-corrected chi connectivity index (χ3v) is 3.01. The Balaban J connectivity index is 2.15. The van der Waals surface area contributed by atoms with Gasteiger partial charge in [-0.25, -0.2) is 9.50 Å². The van der Waals surface area contributed by atoms with Crippen LogP contribution in [0.25, 0.3) is 5.65 Å². The molecule has 2 aromatic rings. The largest absolute Gasteiger partial charge is 0.307 e. The van der Waals surface area contributed by atoms with E-state index in [2.05, 4.69) is 15.4 Å². The van der Waals surface area contributed by atoms with Crippen molar-refractivity contribution in [1.82, 2.24) is 19.9 Å². The maximum absolute atomic E-state index is 11.7. The topological polar surface area (TPSA) is 62.2 Å². The molecule has 3 rings (SSSR count). The number of nitrogens with zero attached hydrogens (tertiary/aromatic N) is 2. The van der Waals surface area contributed by atoms with E-state index in [0.717, 1.165) is 30.8 Å². The molecule has 5 nitrogen and oxygen atoms in total. The van der Waals surface area contributed by atoms with Crippen LogP contribution in [0.15, 0.2) is 16.9 Å². The Morgan fingerprint density at radius 3 is 3.12 bits per heavy atom. The van der Waals surface area contributed by atoms with Crippen LogP contribution in [0, 0.1) is 6.92 Å². The second-order valence-electron chi connectivity index (χ2n) is 4.32. The summed E-state index contributed by atoms with van der Waals surface area (Å²) in [5, 5.41) is 6.42. The SMILES string of the molecule is Cc1cc(=O)n2[nH]c(C3CCCN3)nc2c1. The van der Waals surface area contributed by atoms with E-state index in [1.807, 2.05) is 13.0 Å². The number of rotatable bonds is 1. The van der Waals surface area contributed by atoms with Crippen molar-refractivity contribution in [3.63, 3.8) is 0 Å². The summed E-state index contributed by atoms with van der Waals surface area (Å²) in [5.41, 5.74) is 1.60. The van der Waals surface area contributed by atoms with Gasteiger partial charge < -0.3 is 5.32 Å². The Bertz CT molecular complexity index is 577. The smallest absolute Gasteiger partial charge is 0.271 e. The second kappa shape index (κ2) is 3.45. The molecule has 0 aliphatic carbocycles. The zero-order valence-corrected chi connectivity index (χ0v) is 9.16. The minimum absolute atomic E-state index is 0.0493. The molecular weight excluding hydrogens is 204 g/mol. The predicted octanol–water partition coefficient (Wildman–Crippen LogP) is 0.756. The molecule has 1 unspecified atom stereocenters. The second-order valence-corrected chi connectivity index (χ2v) is 4.32. The normalized spacial score (nSPS) is 20.7. The van der Waals surface area contributed by atoms with Crippen LogP contribution in [-0.4, -0.2) is 21.1 Å². The standard InChI is InChI=1S/C11H14N4O/c1-7-5-9-13-11(8-3-2-4-12-8)14-15(9)10(16)6-7/h5-6,8,12H,2-4H2,1H3,(H,13,14). The lowest BCUT2D eigenvalue weighted by atomic mass is 10.2. The van der Waals surface area contributed by atoms with Crippen molar-refractivity contribution in [2.24, 2.45) is 0 Å². The molecule has 1 aliphatic rings. The predicted molar refractivity (Wildman–Crippen MR) is 60.5 cm³/mol. The van der Waals surface area contributed by atoms with Gasteiger partial charge in [0.05, 0.1) is 6.04 Å². The van der Waals surface area contributed by atoms with Crippen molar-refractivity contribution in [2.45, 2.75) is 25.8 Å². The number of pyridine rings is 1. The summed E-state index contributed by atoms with van der Waals surface area (Å²) in [5.74, 6) is 0.861. The minimum Gasteiger partial charge on any atom is -0.307 e. The maximum atomic E-state index is 11.7. The lowest BCUT2D eigenvalue weighted by molar-refractivity contribution is 0.603.